The second-order valence-electron chi connectivity index (χ2n) is 6.50. The molecule has 0 atom stereocenters. The molecule has 146 valence electrons. The third-order valence-electron chi connectivity index (χ3n) is 4.49. The van der Waals surface area contributed by atoms with Gasteiger partial charge in [-0.2, -0.15) is 5.10 Å². The monoisotopic (exact) mass is 475 g/mol. The number of benzene rings is 2. The number of fused-ring (bicyclic) bond motifs is 1. The Balaban J connectivity index is 1.54. The molecule has 6 nitrogen and oxygen atoms in total. The zero-order valence-corrected chi connectivity index (χ0v) is 17.9. The molecule has 0 radical (unpaired) electrons. The molecule has 5 aromatic rings. The molecule has 0 bridgehead atoms. The summed E-state index contributed by atoms with van der Waals surface area (Å²) in [5, 5.41) is 8.12. The van der Waals surface area contributed by atoms with Crippen LogP contribution in [0.4, 0.5) is 5.13 Å². The predicted octanol–water partition coefficient (Wildman–Crippen LogP) is 5.56. The van der Waals surface area contributed by atoms with E-state index >= 15 is 0 Å². The lowest BCUT2D eigenvalue weighted by molar-refractivity contribution is 0.102. The molecule has 0 saturated carbocycles. The van der Waals surface area contributed by atoms with E-state index in [1.54, 1.807) is 23.3 Å². The molecule has 1 amide bonds. The lowest BCUT2D eigenvalue weighted by Gasteiger charge is -2.02. The van der Waals surface area contributed by atoms with E-state index in [0.717, 1.165) is 25.9 Å². The van der Waals surface area contributed by atoms with Crippen molar-refractivity contribution < 1.29 is 4.79 Å². The number of pyridine rings is 1. The number of aromatic nitrogens is 4. The number of para-hydroxylation sites is 1. The number of rotatable bonds is 4. The highest BCUT2D eigenvalue weighted by Gasteiger charge is 2.20. The number of carbonyl (C=O) groups excluding carboxylic acids is 1. The molecule has 0 saturated heterocycles. The van der Waals surface area contributed by atoms with Crippen LogP contribution in [0.1, 0.15) is 10.4 Å². The van der Waals surface area contributed by atoms with Crippen LogP contribution in [-0.2, 0) is 0 Å². The molecule has 0 spiro atoms. The van der Waals surface area contributed by atoms with Gasteiger partial charge in [-0.05, 0) is 42.5 Å². The Morgan fingerprint density at radius 1 is 1.07 bits per heavy atom. The van der Waals surface area contributed by atoms with E-state index in [2.05, 4.69) is 36.3 Å². The third-order valence-corrected chi connectivity index (χ3v) is 5.91. The van der Waals surface area contributed by atoms with Crippen molar-refractivity contribution in [2.24, 2.45) is 0 Å². The van der Waals surface area contributed by atoms with Crippen LogP contribution in [0.2, 0.25) is 0 Å². The molecule has 30 heavy (non-hydrogen) atoms. The van der Waals surface area contributed by atoms with Crippen LogP contribution in [0.5, 0.6) is 0 Å². The summed E-state index contributed by atoms with van der Waals surface area (Å²) in [6, 6.07) is 19.2. The maximum absolute atomic E-state index is 13.2. The van der Waals surface area contributed by atoms with Crippen molar-refractivity contribution in [3.05, 3.63) is 89.3 Å². The molecule has 0 fully saturated rings. The van der Waals surface area contributed by atoms with Crippen molar-refractivity contribution in [3.63, 3.8) is 0 Å². The molecule has 0 aliphatic heterocycles. The largest absolute Gasteiger partial charge is 0.298 e. The molecular weight excluding hydrogens is 462 g/mol. The van der Waals surface area contributed by atoms with Gasteiger partial charge >= 0.3 is 0 Å². The van der Waals surface area contributed by atoms with Gasteiger partial charge in [0.2, 0.25) is 0 Å². The fraction of sp³-hybridized carbons (Fsp3) is 0. The summed E-state index contributed by atoms with van der Waals surface area (Å²) in [5.41, 5.74) is 3.49. The van der Waals surface area contributed by atoms with Crippen molar-refractivity contribution in [1.82, 2.24) is 19.7 Å². The van der Waals surface area contributed by atoms with Crippen LogP contribution in [0.3, 0.4) is 0 Å². The van der Waals surface area contributed by atoms with Gasteiger partial charge in [-0.3, -0.25) is 15.1 Å². The number of nitrogens with one attached hydrogen (secondary N) is 1. The minimum absolute atomic E-state index is 0.269. The predicted molar refractivity (Wildman–Crippen MR) is 122 cm³/mol. The lowest BCUT2D eigenvalue weighted by Crippen LogP contribution is -2.12. The van der Waals surface area contributed by atoms with Gasteiger partial charge in [0, 0.05) is 28.6 Å². The zero-order chi connectivity index (χ0) is 20.5. The SMILES string of the molecule is O=C(Nc1nc2ccc(Br)cc2s1)c1cn(-c2ccccc2)nc1-c1cccnc1. The summed E-state index contributed by atoms with van der Waals surface area (Å²) < 4.78 is 3.67. The molecule has 0 aliphatic rings. The number of hydrogen-bond donors (Lipinski definition) is 1. The molecule has 3 aromatic heterocycles. The standard InChI is InChI=1S/C22H14BrN5OS/c23-15-8-9-18-19(11-15)30-22(25-18)26-21(29)17-13-28(16-6-2-1-3-7-16)27-20(17)14-5-4-10-24-12-14/h1-13H,(H,25,26,29). The van der Waals surface area contributed by atoms with Gasteiger partial charge in [0.15, 0.2) is 5.13 Å². The van der Waals surface area contributed by atoms with E-state index < -0.39 is 0 Å². The summed E-state index contributed by atoms with van der Waals surface area (Å²) in [5.74, 6) is -0.269. The Bertz CT molecular complexity index is 1350. The van der Waals surface area contributed by atoms with Gasteiger partial charge in [-0.25, -0.2) is 9.67 Å². The van der Waals surface area contributed by atoms with Crippen molar-refractivity contribution in [2.75, 3.05) is 5.32 Å². The molecule has 3 heterocycles. The molecule has 2 aromatic carbocycles. The fourth-order valence-corrected chi connectivity index (χ4v) is 4.50. The second kappa shape index (κ2) is 7.81. The number of thiazole rings is 1. The first-order valence-electron chi connectivity index (χ1n) is 9.10. The number of anilines is 1. The van der Waals surface area contributed by atoms with E-state index in [-0.39, 0.29) is 5.91 Å². The normalized spacial score (nSPS) is 11.0. The molecule has 8 heteroatoms. The molecule has 0 aliphatic carbocycles. The first-order chi connectivity index (χ1) is 14.7. The van der Waals surface area contributed by atoms with E-state index in [1.807, 2.05) is 60.7 Å². The lowest BCUT2D eigenvalue weighted by atomic mass is 10.1. The van der Waals surface area contributed by atoms with Crippen molar-refractivity contribution in [1.29, 1.82) is 0 Å². The number of hydrogen-bond acceptors (Lipinski definition) is 5. The highest BCUT2D eigenvalue weighted by molar-refractivity contribution is 9.10. The van der Waals surface area contributed by atoms with Crippen molar-refractivity contribution in [2.45, 2.75) is 0 Å². The number of carbonyl (C=O) groups is 1. The summed E-state index contributed by atoms with van der Waals surface area (Å²) in [6.45, 7) is 0. The number of amides is 1. The Morgan fingerprint density at radius 3 is 2.73 bits per heavy atom. The maximum atomic E-state index is 13.2. The van der Waals surface area contributed by atoms with Gasteiger partial charge < -0.3 is 0 Å². The summed E-state index contributed by atoms with van der Waals surface area (Å²) in [6.07, 6.45) is 5.12. The van der Waals surface area contributed by atoms with Crippen LogP contribution < -0.4 is 5.32 Å². The molecular formula is C22H14BrN5OS. The Morgan fingerprint density at radius 2 is 1.93 bits per heavy atom. The highest BCUT2D eigenvalue weighted by Crippen LogP contribution is 2.30. The zero-order valence-electron chi connectivity index (χ0n) is 15.5. The Hall–Kier alpha value is -3.36. The quantitative estimate of drug-likeness (QED) is 0.369. The van der Waals surface area contributed by atoms with Crippen LogP contribution in [0.15, 0.2) is 83.7 Å². The number of nitrogens with zero attached hydrogens (tertiary/aromatic N) is 4. The highest BCUT2D eigenvalue weighted by atomic mass is 79.9. The average molecular weight is 476 g/mol. The summed E-state index contributed by atoms with van der Waals surface area (Å²) in [4.78, 5) is 21.9. The fourth-order valence-electron chi connectivity index (χ4n) is 3.09. The van der Waals surface area contributed by atoms with E-state index in [9.17, 15) is 4.79 Å². The van der Waals surface area contributed by atoms with E-state index in [1.165, 1.54) is 11.3 Å². The summed E-state index contributed by atoms with van der Waals surface area (Å²) >= 11 is 4.89. The maximum Gasteiger partial charge on any atom is 0.261 e. The van der Waals surface area contributed by atoms with Gasteiger partial charge in [0.1, 0.15) is 5.69 Å². The Labute approximate surface area is 184 Å². The second-order valence-corrected chi connectivity index (χ2v) is 8.44. The summed E-state index contributed by atoms with van der Waals surface area (Å²) in [7, 11) is 0. The molecule has 1 N–H and O–H groups in total. The van der Waals surface area contributed by atoms with Crippen molar-refractivity contribution >= 4 is 48.5 Å². The van der Waals surface area contributed by atoms with Gasteiger partial charge in [0.05, 0.1) is 21.5 Å². The molecule has 5 rings (SSSR count). The smallest absolute Gasteiger partial charge is 0.261 e. The number of halogens is 1. The molecule has 0 unspecified atom stereocenters. The van der Waals surface area contributed by atoms with Crippen LogP contribution >= 0.6 is 27.3 Å². The van der Waals surface area contributed by atoms with Gasteiger partial charge in [-0.1, -0.05) is 45.5 Å². The minimum atomic E-state index is -0.269. The van der Waals surface area contributed by atoms with Crippen molar-refractivity contribution in [3.8, 4) is 16.9 Å². The van der Waals surface area contributed by atoms with E-state index in [0.29, 0.717) is 16.4 Å². The average Bonchev–Trinajstić information content (AvgIpc) is 3.39. The first-order valence-corrected chi connectivity index (χ1v) is 10.7. The van der Waals surface area contributed by atoms with Crippen LogP contribution in [0, 0.1) is 0 Å². The van der Waals surface area contributed by atoms with Gasteiger partial charge in [-0.15, -0.1) is 0 Å². The first kappa shape index (κ1) is 18.7. The van der Waals surface area contributed by atoms with Gasteiger partial charge in [0.25, 0.3) is 5.91 Å². The van der Waals surface area contributed by atoms with Crippen LogP contribution in [0.25, 0.3) is 27.2 Å². The third kappa shape index (κ3) is 3.62. The van der Waals surface area contributed by atoms with Crippen LogP contribution in [-0.4, -0.2) is 25.7 Å². The van der Waals surface area contributed by atoms with E-state index in [4.69, 9.17) is 0 Å². The Kier molecular flexibility index (Phi) is 4.86. The topological polar surface area (TPSA) is 72.7 Å². The minimum Gasteiger partial charge on any atom is -0.298 e.